The van der Waals surface area contributed by atoms with E-state index in [2.05, 4.69) is 17.2 Å². The molecule has 1 saturated carbocycles. The molecule has 1 aromatic heterocycles. The van der Waals surface area contributed by atoms with Gasteiger partial charge in [0.1, 0.15) is 0 Å². The zero-order valence-corrected chi connectivity index (χ0v) is 10.5. The van der Waals surface area contributed by atoms with Crippen LogP contribution in [0.5, 0.6) is 0 Å². The molecule has 1 heterocycles. The Hall–Kier alpha value is -1.65. The van der Waals surface area contributed by atoms with Crippen molar-refractivity contribution in [2.24, 2.45) is 5.41 Å². The summed E-state index contributed by atoms with van der Waals surface area (Å²) in [5.74, 6) is -1.40. The number of nitrogens with zero attached hydrogens (tertiary/aromatic N) is 1. The van der Waals surface area contributed by atoms with Crippen molar-refractivity contribution in [2.45, 2.75) is 32.6 Å². The van der Waals surface area contributed by atoms with Crippen LogP contribution >= 0.6 is 0 Å². The van der Waals surface area contributed by atoms with Crippen LogP contribution in [0.25, 0.3) is 0 Å². The zero-order chi connectivity index (χ0) is 13.2. The van der Waals surface area contributed by atoms with E-state index >= 15 is 0 Å². The molecule has 0 unspecified atom stereocenters. The first-order valence-electron chi connectivity index (χ1n) is 6.26. The van der Waals surface area contributed by atoms with Gasteiger partial charge in [0.15, 0.2) is 11.6 Å². The second kappa shape index (κ2) is 4.92. The van der Waals surface area contributed by atoms with Crippen LogP contribution in [0, 0.1) is 11.2 Å². The van der Waals surface area contributed by atoms with Crippen molar-refractivity contribution in [3.05, 3.63) is 23.6 Å². The highest BCUT2D eigenvalue weighted by Crippen LogP contribution is 2.43. The molecule has 1 aliphatic carbocycles. The number of aromatic nitrogens is 1. The van der Waals surface area contributed by atoms with Crippen molar-refractivity contribution in [2.75, 3.05) is 12.3 Å². The maximum Gasteiger partial charge on any atom is 0.254 e. The fourth-order valence-electron chi connectivity index (χ4n) is 2.33. The fraction of sp³-hybridized carbons (Fsp3) is 0.538. The van der Waals surface area contributed by atoms with Crippen molar-refractivity contribution in [3.8, 4) is 0 Å². The maximum absolute atomic E-state index is 13.6. The van der Waals surface area contributed by atoms with Crippen molar-refractivity contribution < 1.29 is 9.18 Å². The predicted octanol–water partition coefficient (Wildman–Crippen LogP) is 2.11. The van der Waals surface area contributed by atoms with Gasteiger partial charge in [-0.2, -0.15) is 0 Å². The summed E-state index contributed by atoms with van der Waals surface area (Å²) in [6.07, 6.45) is 5.84. The first-order valence-corrected chi connectivity index (χ1v) is 6.26. The number of hydrogen-bond donors (Lipinski definition) is 2. The third-order valence-electron chi connectivity index (χ3n) is 3.95. The molecule has 0 saturated heterocycles. The number of pyridine rings is 1. The largest absolute Gasteiger partial charge is 0.381 e. The molecule has 2 rings (SSSR count). The summed E-state index contributed by atoms with van der Waals surface area (Å²) in [6.45, 7) is 2.72. The minimum Gasteiger partial charge on any atom is -0.381 e. The summed E-state index contributed by atoms with van der Waals surface area (Å²) in [7, 11) is 0. The third-order valence-corrected chi connectivity index (χ3v) is 3.95. The van der Waals surface area contributed by atoms with Gasteiger partial charge in [-0.1, -0.05) is 13.3 Å². The van der Waals surface area contributed by atoms with Crippen LogP contribution in [0.15, 0.2) is 12.3 Å². The van der Waals surface area contributed by atoms with E-state index in [1.807, 2.05) is 0 Å². The molecule has 0 bridgehead atoms. The van der Waals surface area contributed by atoms with Crippen LogP contribution in [-0.2, 0) is 0 Å². The second-order valence-electron chi connectivity index (χ2n) is 4.95. The van der Waals surface area contributed by atoms with Crippen LogP contribution in [0.4, 0.5) is 10.2 Å². The van der Waals surface area contributed by atoms with Crippen molar-refractivity contribution >= 4 is 11.7 Å². The van der Waals surface area contributed by atoms with Gasteiger partial charge in [0.2, 0.25) is 0 Å². The number of anilines is 1. The zero-order valence-electron chi connectivity index (χ0n) is 10.5. The highest BCUT2D eigenvalue weighted by molar-refractivity contribution is 5.95. The Morgan fingerprint density at radius 3 is 2.89 bits per heavy atom. The van der Waals surface area contributed by atoms with E-state index in [0.29, 0.717) is 6.54 Å². The maximum atomic E-state index is 13.6. The van der Waals surface area contributed by atoms with E-state index in [-0.39, 0.29) is 16.8 Å². The molecule has 0 spiro atoms. The van der Waals surface area contributed by atoms with Crippen LogP contribution in [0.1, 0.15) is 43.0 Å². The standard InChI is InChI=1S/C13H18FN3O/c1-2-13(5-3-6-13)8-17-12(18)9-4-7-16-11(15)10(9)14/h4,7H,2-3,5-6,8H2,1H3,(H2,15,16)(H,17,18). The number of nitrogen functional groups attached to an aromatic ring is 1. The lowest BCUT2D eigenvalue weighted by atomic mass is 9.67. The lowest BCUT2D eigenvalue weighted by molar-refractivity contribution is 0.0846. The summed E-state index contributed by atoms with van der Waals surface area (Å²) in [5.41, 5.74) is 5.52. The van der Waals surface area contributed by atoms with Crippen molar-refractivity contribution in [1.82, 2.24) is 10.3 Å². The molecule has 0 atom stereocenters. The summed E-state index contributed by atoms with van der Waals surface area (Å²) < 4.78 is 13.6. The number of rotatable bonds is 4. The Morgan fingerprint density at radius 2 is 2.33 bits per heavy atom. The number of hydrogen-bond acceptors (Lipinski definition) is 3. The Kier molecular flexibility index (Phi) is 3.50. The van der Waals surface area contributed by atoms with Gasteiger partial charge >= 0.3 is 0 Å². The van der Waals surface area contributed by atoms with Gasteiger partial charge in [-0.25, -0.2) is 9.37 Å². The lowest BCUT2D eigenvalue weighted by Crippen LogP contribution is -2.41. The summed E-state index contributed by atoms with van der Waals surface area (Å²) >= 11 is 0. The molecule has 5 heteroatoms. The average Bonchev–Trinajstić information content (AvgIpc) is 2.31. The highest BCUT2D eigenvalue weighted by Gasteiger charge is 2.35. The van der Waals surface area contributed by atoms with Crippen LogP contribution in [-0.4, -0.2) is 17.4 Å². The van der Waals surface area contributed by atoms with Crippen LogP contribution in [0.3, 0.4) is 0 Å². The Labute approximate surface area is 106 Å². The van der Waals surface area contributed by atoms with Gasteiger partial charge in [-0.15, -0.1) is 0 Å². The van der Waals surface area contributed by atoms with Crippen molar-refractivity contribution in [3.63, 3.8) is 0 Å². The molecule has 1 aromatic rings. The van der Waals surface area contributed by atoms with Gasteiger partial charge in [-0.05, 0) is 30.7 Å². The lowest BCUT2D eigenvalue weighted by Gasteiger charge is -2.41. The fourth-order valence-corrected chi connectivity index (χ4v) is 2.33. The van der Waals surface area contributed by atoms with Gasteiger partial charge in [0.05, 0.1) is 5.56 Å². The Bertz CT molecular complexity index is 452. The molecule has 18 heavy (non-hydrogen) atoms. The van der Waals surface area contributed by atoms with Gasteiger partial charge in [0.25, 0.3) is 5.91 Å². The van der Waals surface area contributed by atoms with E-state index in [0.717, 1.165) is 19.3 Å². The molecule has 98 valence electrons. The summed E-state index contributed by atoms with van der Waals surface area (Å²) in [5, 5.41) is 2.80. The summed E-state index contributed by atoms with van der Waals surface area (Å²) in [4.78, 5) is 15.5. The molecule has 0 aliphatic heterocycles. The first kappa shape index (κ1) is 12.8. The Morgan fingerprint density at radius 1 is 1.61 bits per heavy atom. The number of carbonyl (C=O) groups is 1. The van der Waals surface area contributed by atoms with E-state index in [4.69, 9.17) is 5.73 Å². The normalized spacial score (nSPS) is 17.0. The molecule has 0 aromatic carbocycles. The average molecular weight is 251 g/mol. The van der Waals surface area contributed by atoms with E-state index in [9.17, 15) is 9.18 Å². The number of amides is 1. The first-order chi connectivity index (χ1) is 8.58. The SMILES string of the molecule is CCC1(CNC(=O)c2ccnc(N)c2F)CCC1. The number of nitrogens with one attached hydrogen (secondary N) is 1. The molecule has 3 N–H and O–H groups in total. The molecular formula is C13H18FN3O. The smallest absolute Gasteiger partial charge is 0.254 e. The topological polar surface area (TPSA) is 68.0 Å². The number of halogens is 1. The molecular weight excluding hydrogens is 233 g/mol. The van der Waals surface area contributed by atoms with Gasteiger partial charge in [0, 0.05) is 12.7 Å². The minimum absolute atomic E-state index is 0.0342. The second-order valence-corrected chi connectivity index (χ2v) is 4.95. The highest BCUT2D eigenvalue weighted by atomic mass is 19.1. The van der Waals surface area contributed by atoms with Crippen LogP contribution in [0.2, 0.25) is 0 Å². The Balaban J connectivity index is 2.02. The van der Waals surface area contributed by atoms with Gasteiger partial charge in [-0.3, -0.25) is 4.79 Å². The molecule has 0 radical (unpaired) electrons. The van der Waals surface area contributed by atoms with E-state index in [1.165, 1.54) is 18.7 Å². The van der Waals surface area contributed by atoms with E-state index < -0.39 is 11.7 Å². The van der Waals surface area contributed by atoms with E-state index in [1.54, 1.807) is 0 Å². The quantitative estimate of drug-likeness (QED) is 0.861. The molecule has 1 aliphatic rings. The van der Waals surface area contributed by atoms with Crippen LogP contribution < -0.4 is 11.1 Å². The molecule has 1 amide bonds. The van der Waals surface area contributed by atoms with Crippen molar-refractivity contribution in [1.29, 1.82) is 0 Å². The monoisotopic (exact) mass is 251 g/mol. The molecule has 4 nitrogen and oxygen atoms in total. The summed E-state index contributed by atoms with van der Waals surface area (Å²) in [6, 6.07) is 1.35. The number of carbonyl (C=O) groups excluding carboxylic acids is 1. The minimum atomic E-state index is -0.742. The third kappa shape index (κ3) is 2.30. The molecule has 1 fully saturated rings. The van der Waals surface area contributed by atoms with Gasteiger partial charge < -0.3 is 11.1 Å². The predicted molar refractivity (Wildman–Crippen MR) is 67.5 cm³/mol. The number of nitrogens with two attached hydrogens (primary N) is 1.